The zero-order chi connectivity index (χ0) is 24.2. The lowest BCUT2D eigenvalue weighted by molar-refractivity contribution is -0.120. The van der Waals surface area contributed by atoms with Crippen LogP contribution >= 0.6 is 0 Å². The second-order valence-corrected chi connectivity index (χ2v) is 8.52. The van der Waals surface area contributed by atoms with E-state index >= 15 is 0 Å². The zero-order valence-electron chi connectivity index (χ0n) is 20.4. The van der Waals surface area contributed by atoms with Crippen molar-refractivity contribution in [3.63, 3.8) is 0 Å². The molecule has 0 atom stereocenters. The fourth-order valence-corrected chi connectivity index (χ4v) is 2.89. The second kappa shape index (κ2) is 12.8. The molecule has 9 heteroatoms. The molecule has 0 unspecified atom stereocenters. The Labute approximate surface area is 191 Å². The molecule has 0 aliphatic carbocycles. The molecule has 0 fully saturated rings. The van der Waals surface area contributed by atoms with Gasteiger partial charge in [0.25, 0.3) is 0 Å². The van der Waals surface area contributed by atoms with E-state index in [1.54, 1.807) is 14.2 Å². The highest BCUT2D eigenvalue weighted by molar-refractivity contribution is 5.86. The number of carbonyl (C=O) groups is 2. The first-order chi connectivity index (χ1) is 15.1. The number of guanidine groups is 1. The smallest absolute Gasteiger partial charge is 0.408 e. The molecule has 0 aliphatic heterocycles. The minimum atomic E-state index is -0.568. The van der Waals surface area contributed by atoms with E-state index in [1.807, 2.05) is 58.9 Å². The van der Waals surface area contributed by atoms with Crippen LogP contribution in [0.3, 0.4) is 0 Å². The molecule has 0 heterocycles. The van der Waals surface area contributed by atoms with Crippen molar-refractivity contribution in [3.8, 4) is 5.75 Å². The number of rotatable bonds is 10. The van der Waals surface area contributed by atoms with Gasteiger partial charge in [-0.05, 0) is 51.3 Å². The van der Waals surface area contributed by atoms with Gasteiger partial charge in [0.2, 0.25) is 5.91 Å². The van der Waals surface area contributed by atoms with Crippen LogP contribution in [-0.4, -0.2) is 56.3 Å². The van der Waals surface area contributed by atoms with Gasteiger partial charge in [0.15, 0.2) is 5.96 Å². The van der Waals surface area contributed by atoms with Gasteiger partial charge < -0.3 is 30.7 Å². The highest BCUT2D eigenvalue weighted by Gasteiger charge is 2.30. The summed E-state index contributed by atoms with van der Waals surface area (Å²) >= 11 is 0. The molecule has 4 N–H and O–H groups in total. The fourth-order valence-electron chi connectivity index (χ4n) is 2.89. The van der Waals surface area contributed by atoms with Crippen LogP contribution in [0.1, 0.15) is 53.0 Å². The molecular weight excluding hydrogens is 410 g/mol. The summed E-state index contributed by atoms with van der Waals surface area (Å²) in [7, 11) is 3.24. The highest BCUT2D eigenvalue weighted by atomic mass is 16.6. The van der Waals surface area contributed by atoms with E-state index in [1.165, 1.54) is 0 Å². The fraction of sp³-hybridized carbons (Fsp3) is 0.609. The number of methoxy groups -OCH3 is 1. The molecule has 180 valence electrons. The topological polar surface area (TPSA) is 113 Å². The van der Waals surface area contributed by atoms with E-state index in [0.29, 0.717) is 31.9 Å². The van der Waals surface area contributed by atoms with E-state index in [2.05, 4.69) is 26.3 Å². The number of aliphatic imine (C=N–C) groups is 1. The summed E-state index contributed by atoms with van der Waals surface area (Å²) in [5.41, 5.74) is -0.0940. The third-order valence-electron chi connectivity index (χ3n) is 5.00. The van der Waals surface area contributed by atoms with Gasteiger partial charge in [0, 0.05) is 20.1 Å². The first-order valence-electron chi connectivity index (χ1n) is 10.9. The molecule has 0 bridgehead atoms. The van der Waals surface area contributed by atoms with Gasteiger partial charge in [-0.15, -0.1) is 0 Å². The maximum atomic E-state index is 12.3. The van der Waals surface area contributed by atoms with Crippen molar-refractivity contribution >= 4 is 18.0 Å². The van der Waals surface area contributed by atoms with Crippen molar-refractivity contribution in [1.82, 2.24) is 21.3 Å². The normalized spacial score (nSPS) is 12.0. The number of nitrogens with one attached hydrogen (secondary N) is 4. The average Bonchev–Trinajstić information content (AvgIpc) is 2.75. The van der Waals surface area contributed by atoms with Crippen molar-refractivity contribution in [1.29, 1.82) is 0 Å². The number of hydrogen-bond donors (Lipinski definition) is 4. The van der Waals surface area contributed by atoms with Gasteiger partial charge in [-0.2, -0.15) is 0 Å². The Hall–Kier alpha value is -2.97. The van der Waals surface area contributed by atoms with Crippen molar-refractivity contribution in [2.75, 3.05) is 27.2 Å². The Bertz CT molecular complexity index is 753. The first-order valence-corrected chi connectivity index (χ1v) is 10.9. The van der Waals surface area contributed by atoms with Gasteiger partial charge in [-0.3, -0.25) is 9.79 Å². The van der Waals surface area contributed by atoms with E-state index in [4.69, 9.17) is 9.47 Å². The predicted molar refractivity (Wildman–Crippen MR) is 127 cm³/mol. The molecule has 9 nitrogen and oxygen atoms in total. The molecule has 1 rings (SSSR count). The summed E-state index contributed by atoms with van der Waals surface area (Å²) in [6, 6.07) is 7.51. The summed E-state index contributed by atoms with van der Waals surface area (Å²) < 4.78 is 10.5. The van der Waals surface area contributed by atoms with E-state index in [0.717, 1.165) is 11.3 Å². The summed E-state index contributed by atoms with van der Waals surface area (Å²) in [6.45, 7) is 10.4. The SMILES string of the molecule is CCC(CC)(CNC(=NC)NCC(=O)NCc1ccc(OC)cc1)NC(=O)OC(C)(C)C. The minimum absolute atomic E-state index is 0.0700. The minimum Gasteiger partial charge on any atom is -0.497 e. The number of amides is 2. The molecule has 1 aromatic rings. The molecule has 0 aromatic heterocycles. The summed E-state index contributed by atoms with van der Waals surface area (Å²) in [4.78, 5) is 28.6. The Morgan fingerprint density at radius 1 is 1.00 bits per heavy atom. The lowest BCUT2D eigenvalue weighted by atomic mass is 9.93. The van der Waals surface area contributed by atoms with Crippen LogP contribution < -0.4 is 26.0 Å². The van der Waals surface area contributed by atoms with Crippen LogP contribution in [-0.2, 0) is 16.1 Å². The lowest BCUT2D eigenvalue weighted by Gasteiger charge is -2.34. The van der Waals surface area contributed by atoms with Crippen molar-refractivity contribution in [3.05, 3.63) is 29.8 Å². The van der Waals surface area contributed by atoms with Crippen LogP contribution in [0.15, 0.2) is 29.3 Å². The maximum Gasteiger partial charge on any atom is 0.408 e. The standard InChI is InChI=1S/C23H39N5O4/c1-8-23(9-2,28-21(30)32-22(3,4)5)16-27-20(24-6)26-15-19(29)25-14-17-10-12-18(31-7)13-11-17/h10-13H,8-9,14-16H2,1-7H3,(H,25,29)(H,28,30)(H2,24,26,27). The monoisotopic (exact) mass is 449 g/mol. The lowest BCUT2D eigenvalue weighted by Crippen LogP contribution is -2.57. The Morgan fingerprint density at radius 2 is 1.62 bits per heavy atom. The second-order valence-electron chi connectivity index (χ2n) is 8.52. The van der Waals surface area contributed by atoms with Gasteiger partial charge in [0.1, 0.15) is 11.4 Å². The molecule has 2 amide bonds. The van der Waals surface area contributed by atoms with E-state index in [-0.39, 0.29) is 12.5 Å². The summed E-state index contributed by atoms with van der Waals surface area (Å²) in [5, 5.41) is 12.0. The summed E-state index contributed by atoms with van der Waals surface area (Å²) in [5.74, 6) is 1.09. The van der Waals surface area contributed by atoms with Gasteiger partial charge >= 0.3 is 6.09 Å². The van der Waals surface area contributed by atoms with Gasteiger partial charge in [0.05, 0.1) is 19.2 Å². The average molecular weight is 450 g/mol. The molecule has 0 aliphatic rings. The Kier molecular flexibility index (Phi) is 10.8. The van der Waals surface area contributed by atoms with Gasteiger partial charge in [-0.1, -0.05) is 26.0 Å². The Morgan fingerprint density at radius 3 is 2.12 bits per heavy atom. The predicted octanol–water partition coefficient (Wildman–Crippen LogP) is 2.56. The van der Waals surface area contributed by atoms with Crippen molar-refractivity contribution in [2.24, 2.45) is 4.99 Å². The maximum absolute atomic E-state index is 12.3. The third kappa shape index (κ3) is 9.89. The van der Waals surface area contributed by atoms with Crippen LogP contribution in [0.4, 0.5) is 4.79 Å². The highest BCUT2D eigenvalue weighted by Crippen LogP contribution is 2.16. The molecule has 0 radical (unpaired) electrons. The number of alkyl carbamates (subject to hydrolysis) is 1. The molecule has 0 saturated carbocycles. The first kappa shape index (κ1) is 27.1. The largest absolute Gasteiger partial charge is 0.497 e. The van der Waals surface area contributed by atoms with Crippen LogP contribution in [0.5, 0.6) is 5.75 Å². The van der Waals surface area contributed by atoms with Crippen LogP contribution in [0, 0.1) is 0 Å². The van der Waals surface area contributed by atoms with Crippen molar-refractivity contribution < 1.29 is 19.1 Å². The van der Waals surface area contributed by atoms with Crippen molar-refractivity contribution in [2.45, 2.75) is 65.1 Å². The molecule has 0 spiro atoms. The number of carbonyl (C=O) groups excluding carboxylic acids is 2. The number of ether oxygens (including phenoxy) is 2. The molecular formula is C23H39N5O4. The number of nitrogens with zero attached hydrogens (tertiary/aromatic N) is 1. The number of hydrogen-bond acceptors (Lipinski definition) is 5. The van der Waals surface area contributed by atoms with Gasteiger partial charge in [-0.25, -0.2) is 4.79 Å². The van der Waals surface area contributed by atoms with Crippen LogP contribution in [0.2, 0.25) is 0 Å². The summed E-state index contributed by atoms with van der Waals surface area (Å²) in [6.07, 6.45) is 0.952. The third-order valence-corrected chi connectivity index (χ3v) is 5.00. The molecule has 32 heavy (non-hydrogen) atoms. The van der Waals surface area contributed by atoms with E-state index < -0.39 is 17.2 Å². The van der Waals surface area contributed by atoms with Crippen LogP contribution in [0.25, 0.3) is 0 Å². The zero-order valence-corrected chi connectivity index (χ0v) is 20.4. The Balaban J connectivity index is 2.52. The quantitative estimate of drug-likeness (QED) is 0.323. The molecule has 0 saturated heterocycles. The van der Waals surface area contributed by atoms with E-state index in [9.17, 15) is 9.59 Å². The molecule has 1 aromatic carbocycles. The number of benzene rings is 1.